The summed E-state index contributed by atoms with van der Waals surface area (Å²) in [5.41, 5.74) is 2.73. The third-order valence-corrected chi connectivity index (χ3v) is 2.79. The summed E-state index contributed by atoms with van der Waals surface area (Å²) < 4.78 is 0. The van der Waals surface area contributed by atoms with Crippen LogP contribution in [0.5, 0.6) is 0 Å². The Morgan fingerprint density at radius 1 is 1.46 bits per heavy atom. The Morgan fingerprint density at radius 2 is 2.31 bits per heavy atom. The Balaban J connectivity index is 2.37. The van der Waals surface area contributed by atoms with Crippen molar-refractivity contribution >= 4 is 0 Å². The highest BCUT2D eigenvalue weighted by Crippen LogP contribution is 2.30. The summed E-state index contributed by atoms with van der Waals surface area (Å²) in [6.07, 6.45) is 5.65. The lowest BCUT2D eigenvalue weighted by atomic mass is 9.91. The predicted octanol–water partition coefficient (Wildman–Crippen LogP) is 2.02. The summed E-state index contributed by atoms with van der Waals surface area (Å²) >= 11 is 0. The molecular formula is C11H16N2. The minimum absolute atomic E-state index is 0.532. The second kappa shape index (κ2) is 3.46. The summed E-state index contributed by atoms with van der Waals surface area (Å²) in [6, 6.07) is 4.78. The molecule has 2 heteroatoms. The van der Waals surface area contributed by atoms with Crippen molar-refractivity contribution in [1.82, 2.24) is 9.88 Å². The molecule has 0 bridgehead atoms. The third-order valence-electron chi connectivity index (χ3n) is 2.79. The van der Waals surface area contributed by atoms with E-state index in [4.69, 9.17) is 0 Å². The van der Waals surface area contributed by atoms with E-state index in [9.17, 15) is 0 Å². The molecule has 0 N–H and O–H groups in total. The van der Waals surface area contributed by atoms with E-state index in [2.05, 4.69) is 30.0 Å². The molecule has 0 amide bonds. The molecule has 2 rings (SSSR count). The summed E-state index contributed by atoms with van der Waals surface area (Å²) in [5, 5.41) is 0. The van der Waals surface area contributed by atoms with Gasteiger partial charge in [0.05, 0.1) is 11.7 Å². The molecule has 0 aromatic carbocycles. The average molecular weight is 176 g/mol. The van der Waals surface area contributed by atoms with Gasteiger partial charge in [-0.1, -0.05) is 6.07 Å². The van der Waals surface area contributed by atoms with Crippen LogP contribution in [0.2, 0.25) is 0 Å². The minimum Gasteiger partial charge on any atom is -0.301 e. The van der Waals surface area contributed by atoms with E-state index >= 15 is 0 Å². The zero-order valence-corrected chi connectivity index (χ0v) is 8.33. The maximum Gasteiger partial charge on any atom is 0.0607 e. The molecule has 1 heterocycles. The molecule has 0 spiro atoms. The molecule has 2 nitrogen and oxygen atoms in total. The monoisotopic (exact) mass is 176 g/mol. The van der Waals surface area contributed by atoms with Crippen molar-refractivity contribution in [1.29, 1.82) is 0 Å². The standard InChI is InChI=1S/C11H16N2/c1-13(2)10-7-3-5-9-6-4-8-12-11(9)10/h4,6,8,10H,3,5,7H2,1-2H3. The number of hydrogen-bond acceptors (Lipinski definition) is 2. The van der Waals surface area contributed by atoms with E-state index in [0.717, 1.165) is 0 Å². The van der Waals surface area contributed by atoms with E-state index in [1.165, 1.54) is 30.5 Å². The molecule has 1 aliphatic rings. The van der Waals surface area contributed by atoms with Crippen LogP contribution in [0.15, 0.2) is 18.3 Å². The zero-order valence-electron chi connectivity index (χ0n) is 8.33. The van der Waals surface area contributed by atoms with Gasteiger partial charge in [0, 0.05) is 6.20 Å². The Hall–Kier alpha value is -0.890. The number of pyridine rings is 1. The molecule has 13 heavy (non-hydrogen) atoms. The van der Waals surface area contributed by atoms with Gasteiger partial charge in [-0.3, -0.25) is 4.98 Å². The molecule has 1 aromatic rings. The average Bonchev–Trinajstić information content (AvgIpc) is 2.17. The number of nitrogens with zero attached hydrogens (tertiary/aromatic N) is 2. The first-order valence-corrected chi connectivity index (χ1v) is 4.89. The van der Waals surface area contributed by atoms with Gasteiger partial charge in [-0.25, -0.2) is 0 Å². The van der Waals surface area contributed by atoms with Crippen molar-refractivity contribution in [2.45, 2.75) is 25.3 Å². The lowest BCUT2D eigenvalue weighted by Gasteiger charge is -2.29. The predicted molar refractivity (Wildman–Crippen MR) is 53.6 cm³/mol. The number of hydrogen-bond donors (Lipinski definition) is 0. The molecular weight excluding hydrogens is 160 g/mol. The van der Waals surface area contributed by atoms with E-state index in [1.54, 1.807) is 0 Å². The maximum atomic E-state index is 4.48. The van der Waals surface area contributed by atoms with E-state index in [1.807, 2.05) is 12.3 Å². The molecule has 1 aliphatic carbocycles. The molecule has 0 saturated carbocycles. The quantitative estimate of drug-likeness (QED) is 0.650. The minimum atomic E-state index is 0.532. The van der Waals surface area contributed by atoms with Gasteiger partial charge in [-0.15, -0.1) is 0 Å². The van der Waals surface area contributed by atoms with Crippen LogP contribution in [0.4, 0.5) is 0 Å². The second-order valence-electron chi connectivity index (χ2n) is 3.92. The normalized spacial score (nSPS) is 21.6. The van der Waals surface area contributed by atoms with E-state index in [-0.39, 0.29) is 0 Å². The molecule has 1 atom stereocenters. The van der Waals surface area contributed by atoms with Crippen LogP contribution < -0.4 is 0 Å². The van der Waals surface area contributed by atoms with Crippen molar-refractivity contribution in [2.24, 2.45) is 0 Å². The molecule has 0 aliphatic heterocycles. The second-order valence-corrected chi connectivity index (χ2v) is 3.92. The smallest absolute Gasteiger partial charge is 0.0607 e. The van der Waals surface area contributed by atoms with Gasteiger partial charge < -0.3 is 4.90 Å². The fourth-order valence-electron chi connectivity index (χ4n) is 2.09. The van der Waals surface area contributed by atoms with Crippen molar-refractivity contribution in [2.75, 3.05) is 14.1 Å². The van der Waals surface area contributed by atoms with Gasteiger partial charge in [-0.05, 0) is 45.0 Å². The van der Waals surface area contributed by atoms with Crippen LogP contribution in [0, 0.1) is 0 Å². The third kappa shape index (κ3) is 1.59. The van der Waals surface area contributed by atoms with Crippen LogP contribution in [-0.2, 0) is 6.42 Å². The summed E-state index contributed by atoms with van der Waals surface area (Å²) in [6.45, 7) is 0. The number of rotatable bonds is 1. The summed E-state index contributed by atoms with van der Waals surface area (Å²) in [4.78, 5) is 6.75. The number of aryl methyl sites for hydroxylation is 1. The van der Waals surface area contributed by atoms with Crippen LogP contribution >= 0.6 is 0 Å². The molecule has 0 fully saturated rings. The zero-order chi connectivity index (χ0) is 9.26. The van der Waals surface area contributed by atoms with Gasteiger partial charge in [0.2, 0.25) is 0 Å². The van der Waals surface area contributed by atoms with Crippen LogP contribution in [0.25, 0.3) is 0 Å². The molecule has 1 unspecified atom stereocenters. The molecule has 0 radical (unpaired) electrons. The maximum absolute atomic E-state index is 4.48. The van der Waals surface area contributed by atoms with Crippen molar-refractivity contribution in [3.05, 3.63) is 29.6 Å². The Morgan fingerprint density at radius 3 is 3.08 bits per heavy atom. The van der Waals surface area contributed by atoms with Gasteiger partial charge in [0.15, 0.2) is 0 Å². The Kier molecular flexibility index (Phi) is 2.32. The van der Waals surface area contributed by atoms with Gasteiger partial charge in [-0.2, -0.15) is 0 Å². The van der Waals surface area contributed by atoms with Crippen LogP contribution in [0.3, 0.4) is 0 Å². The highest BCUT2D eigenvalue weighted by atomic mass is 15.1. The fourth-order valence-corrected chi connectivity index (χ4v) is 2.09. The Bertz CT molecular complexity index is 294. The largest absolute Gasteiger partial charge is 0.301 e. The summed E-state index contributed by atoms with van der Waals surface area (Å²) in [7, 11) is 4.27. The topological polar surface area (TPSA) is 16.1 Å². The lowest BCUT2D eigenvalue weighted by molar-refractivity contribution is 0.262. The lowest BCUT2D eigenvalue weighted by Crippen LogP contribution is -2.25. The highest BCUT2D eigenvalue weighted by Gasteiger charge is 2.22. The Labute approximate surface area is 79.6 Å². The first-order chi connectivity index (χ1) is 6.29. The fraction of sp³-hybridized carbons (Fsp3) is 0.545. The molecule has 1 aromatic heterocycles. The molecule has 0 saturated heterocycles. The summed E-state index contributed by atoms with van der Waals surface area (Å²) in [5.74, 6) is 0. The SMILES string of the molecule is CN(C)C1CCCc2cccnc21. The first kappa shape index (κ1) is 8.70. The van der Waals surface area contributed by atoms with Gasteiger partial charge >= 0.3 is 0 Å². The van der Waals surface area contributed by atoms with E-state index < -0.39 is 0 Å². The number of aromatic nitrogens is 1. The van der Waals surface area contributed by atoms with Crippen molar-refractivity contribution < 1.29 is 0 Å². The van der Waals surface area contributed by atoms with Gasteiger partial charge in [0.1, 0.15) is 0 Å². The van der Waals surface area contributed by atoms with Crippen molar-refractivity contribution in [3.63, 3.8) is 0 Å². The van der Waals surface area contributed by atoms with Crippen molar-refractivity contribution in [3.8, 4) is 0 Å². The van der Waals surface area contributed by atoms with Crippen LogP contribution in [0.1, 0.15) is 30.1 Å². The van der Waals surface area contributed by atoms with Crippen LogP contribution in [-0.4, -0.2) is 24.0 Å². The highest BCUT2D eigenvalue weighted by molar-refractivity contribution is 5.25. The first-order valence-electron chi connectivity index (χ1n) is 4.89. The van der Waals surface area contributed by atoms with E-state index in [0.29, 0.717) is 6.04 Å². The number of fused-ring (bicyclic) bond motifs is 1. The van der Waals surface area contributed by atoms with Gasteiger partial charge in [0.25, 0.3) is 0 Å². The molecule has 70 valence electrons.